The van der Waals surface area contributed by atoms with Crippen LogP contribution in [0, 0.1) is 6.92 Å². The van der Waals surface area contributed by atoms with E-state index in [0.717, 1.165) is 9.87 Å². The molecule has 0 spiro atoms. The molecular weight excluding hydrogens is 350 g/mol. The number of carbonyl (C=O) groups excluding carboxylic acids is 1. The highest BCUT2D eigenvalue weighted by atomic mass is 32.2. The summed E-state index contributed by atoms with van der Waals surface area (Å²) < 4.78 is 25.5. The Balaban J connectivity index is 1.98. The average Bonchev–Trinajstić information content (AvgIpc) is 2.56. The van der Waals surface area contributed by atoms with Crippen molar-refractivity contribution in [3.05, 3.63) is 59.7 Å². The van der Waals surface area contributed by atoms with Crippen LogP contribution in [0.25, 0.3) is 0 Å². The number of nitrogens with zero attached hydrogens (tertiary/aromatic N) is 2. The predicted molar refractivity (Wildman–Crippen MR) is 103 cm³/mol. The van der Waals surface area contributed by atoms with Gasteiger partial charge in [-0.15, -0.1) is 0 Å². The highest BCUT2D eigenvalue weighted by Crippen LogP contribution is 2.18. The van der Waals surface area contributed by atoms with Crippen LogP contribution in [-0.2, 0) is 21.4 Å². The number of rotatable bonds is 7. The van der Waals surface area contributed by atoms with Gasteiger partial charge in [-0.3, -0.25) is 9.69 Å². The molecule has 26 heavy (non-hydrogen) atoms. The third-order valence-electron chi connectivity index (χ3n) is 3.88. The van der Waals surface area contributed by atoms with Gasteiger partial charge in [0.25, 0.3) is 0 Å². The van der Waals surface area contributed by atoms with Crippen LogP contribution in [0.5, 0.6) is 0 Å². The van der Waals surface area contributed by atoms with Gasteiger partial charge in [-0.05, 0) is 37.7 Å². The van der Waals surface area contributed by atoms with E-state index >= 15 is 0 Å². The largest absolute Gasteiger partial charge is 0.325 e. The second kappa shape index (κ2) is 8.44. The van der Waals surface area contributed by atoms with E-state index in [2.05, 4.69) is 5.32 Å². The van der Waals surface area contributed by atoms with Crippen molar-refractivity contribution < 1.29 is 13.2 Å². The van der Waals surface area contributed by atoms with Gasteiger partial charge in [0.1, 0.15) is 0 Å². The minimum Gasteiger partial charge on any atom is -0.325 e. The molecule has 6 nitrogen and oxygen atoms in total. The van der Waals surface area contributed by atoms with Crippen molar-refractivity contribution in [2.45, 2.75) is 18.4 Å². The lowest BCUT2D eigenvalue weighted by Crippen LogP contribution is -2.30. The summed E-state index contributed by atoms with van der Waals surface area (Å²) in [5, 5.41) is 2.76. The number of hydrogen-bond donors (Lipinski definition) is 1. The number of anilines is 1. The molecular formula is C19H25N3O3S. The van der Waals surface area contributed by atoms with Gasteiger partial charge in [-0.2, -0.15) is 0 Å². The molecule has 2 rings (SSSR count). The maximum Gasteiger partial charge on any atom is 0.242 e. The average molecular weight is 375 g/mol. The number of carbonyl (C=O) groups is 1. The third-order valence-corrected chi connectivity index (χ3v) is 5.69. The fraction of sp³-hybridized carbons (Fsp3) is 0.316. The number of aryl methyl sites for hydroxylation is 1. The van der Waals surface area contributed by atoms with E-state index in [9.17, 15) is 13.2 Å². The Bertz CT molecular complexity index is 862. The standard InChI is InChI=1S/C19H25N3O3S/c1-15-8-10-16(11-9-15)13-22(4)14-19(23)20-17-6-5-7-18(12-17)26(24,25)21(2)3/h5-12H,13-14H2,1-4H3,(H,20,23). The Labute approximate surface area is 155 Å². The van der Waals surface area contributed by atoms with Crippen LogP contribution < -0.4 is 5.32 Å². The molecule has 0 bridgehead atoms. The highest BCUT2D eigenvalue weighted by Gasteiger charge is 2.17. The summed E-state index contributed by atoms with van der Waals surface area (Å²) in [7, 11) is 1.28. The molecule has 0 atom stereocenters. The lowest BCUT2D eigenvalue weighted by atomic mass is 10.1. The first kappa shape index (κ1) is 20.1. The molecule has 140 valence electrons. The molecule has 2 aromatic carbocycles. The lowest BCUT2D eigenvalue weighted by molar-refractivity contribution is -0.117. The SMILES string of the molecule is Cc1ccc(CN(C)CC(=O)Nc2cccc(S(=O)(=O)N(C)C)c2)cc1. The van der Waals surface area contributed by atoms with E-state index in [4.69, 9.17) is 0 Å². The van der Waals surface area contributed by atoms with E-state index in [0.29, 0.717) is 12.2 Å². The second-order valence-corrected chi connectivity index (χ2v) is 8.67. The summed E-state index contributed by atoms with van der Waals surface area (Å²) in [5.74, 6) is -0.195. The molecule has 0 saturated carbocycles. The molecule has 0 aromatic heterocycles. The Morgan fingerprint density at radius 3 is 2.31 bits per heavy atom. The van der Waals surface area contributed by atoms with Crippen LogP contribution in [0.15, 0.2) is 53.4 Å². The van der Waals surface area contributed by atoms with Crippen LogP contribution in [0.4, 0.5) is 5.69 Å². The van der Waals surface area contributed by atoms with Gasteiger partial charge in [0.15, 0.2) is 0 Å². The first-order valence-electron chi connectivity index (χ1n) is 8.25. The Morgan fingerprint density at radius 1 is 1.04 bits per heavy atom. The van der Waals surface area contributed by atoms with Crippen molar-refractivity contribution in [3.8, 4) is 0 Å². The molecule has 0 unspecified atom stereocenters. The van der Waals surface area contributed by atoms with E-state index in [-0.39, 0.29) is 17.3 Å². The minimum absolute atomic E-state index is 0.147. The summed E-state index contributed by atoms with van der Waals surface area (Å²) in [6.45, 7) is 2.90. The van der Waals surface area contributed by atoms with Gasteiger partial charge < -0.3 is 5.32 Å². The minimum atomic E-state index is -3.53. The number of amides is 1. The summed E-state index contributed by atoms with van der Waals surface area (Å²) in [5.41, 5.74) is 2.79. The molecule has 0 heterocycles. The predicted octanol–water partition coefficient (Wildman–Crippen LogP) is 2.32. The van der Waals surface area contributed by atoms with Gasteiger partial charge in [0.05, 0.1) is 11.4 Å². The van der Waals surface area contributed by atoms with Gasteiger partial charge in [0, 0.05) is 26.3 Å². The van der Waals surface area contributed by atoms with Gasteiger partial charge in [-0.25, -0.2) is 12.7 Å². The monoisotopic (exact) mass is 375 g/mol. The number of benzene rings is 2. The second-order valence-electron chi connectivity index (χ2n) is 6.52. The molecule has 0 aliphatic carbocycles. The van der Waals surface area contributed by atoms with Crippen LogP contribution in [0.3, 0.4) is 0 Å². The van der Waals surface area contributed by atoms with Crippen molar-refractivity contribution >= 4 is 21.6 Å². The van der Waals surface area contributed by atoms with Crippen molar-refractivity contribution in [3.63, 3.8) is 0 Å². The molecule has 0 fully saturated rings. The number of sulfonamides is 1. The zero-order valence-corrected chi connectivity index (χ0v) is 16.4. The topological polar surface area (TPSA) is 69.7 Å². The lowest BCUT2D eigenvalue weighted by Gasteiger charge is -2.17. The molecule has 0 aliphatic heterocycles. The van der Waals surface area contributed by atoms with Crippen LogP contribution in [-0.4, -0.2) is 51.2 Å². The molecule has 0 aliphatic rings. The summed E-state index contributed by atoms with van der Waals surface area (Å²) in [6.07, 6.45) is 0. The quantitative estimate of drug-likeness (QED) is 0.806. The molecule has 0 radical (unpaired) electrons. The van der Waals surface area contributed by atoms with Crippen molar-refractivity contribution in [2.75, 3.05) is 33.0 Å². The van der Waals surface area contributed by atoms with Crippen molar-refractivity contribution in [1.82, 2.24) is 9.21 Å². The molecule has 1 N–H and O–H groups in total. The van der Waals surface area contributed by atoms with E-state index < -0.39 is 10.0 Å². The summed E-state index contributed by atoms with van der Waals surface area (Å²) in [6, 6.07) is 14.4. The fourth-order valence-corrected chi connectivity index (χ4v) is 3.40. The first-order valence-corrected chi connectivity index (χ1v) is 9.69. The summed E-state index contributed by atoms with van der Waals surface area (Å²) in [4.78, 5) is 14.3. The van der Waals surface area contributed by atoms with Crippen molar-refractivity contribution in [1.29, 1.82) is 0 Å². The van der Waals surface area contributed by atoms with Gasteiger partial charge in [0.2, 0.25) is 15.9 Å². The number of hydrogen-bond acceptors (Lipinski definition) is 4. The maximum absolute atomic E-state index is 12.2. The van der Waals surface area contributed by atoms with E-state index in [1.807, 2.05) is 43.1 Å². The maximum atomic E-state index is 12.2. The van der Waals surface area contributed by atoms with Crippen LogP contribution in [0.2, 0.25) is 0 Å². The smallest absolute Gasteiger partial charge is 0.242 e. The number of likely N-dealkylation sites (N-methyl/N-ethyl adjacent to an activating group) is 1. The van der Waals surface area contributed by atoms with Crippen molar-refractivity contribution in [2.24, 2.45) is 0 Å². The van der Waals surface area contributed by atoms with E-state index in [1.165, 1.54) is 31.8 Å². The highest BCUT2D eigenvalue weighted by molar-refractivity contribution is 7.89. The van der Waals surface area contributed by atoms with Crippen LogP contribution >= 0.6 is 0 Å². The number of nitrogens with one attached hydrogen (secondary N) is 1. The van der Waals surface area contributed by atoms with Gasteiger partial charge >= 0.3 is 0 Å². The first-order chi connectivity index (χ1) is 12.2. The summed E-state index contributed by atoms with van der Waals surface area (Å²) >= 11 is 0. The molecule has 0 saturated heterocycles. The Morgan fingerprint density at radius 2 is 1.69 bits per heavy atom. The van der Waals surface area contributed by atoms with Crippen LogP contribution in [0.1, 0.15) is 11.1 Å². The normalized spacial score (nSPS) is 11.8. The molecule has 7 heteroatoms. The third kappa shape index (κ3) is 5.39. The van der Waals surface area contributed by atoms with E-state index in [1.54, 1.807) is 12.1 Å². The fourth-order valence-electron chi connectivity index (χ4n) is 2.45. The molecule has 2 aromatic rings. The molecule has 1 amide bonds. The Kier molecular flexibility index (Phi) is 6.52. The zero-order valence-electron chi connectivity index (χ0n) is 15.6. The Hall–Kier alpha value is -2.22. The zero-order chi connectivity index (χ0) is 19.3. The van der Waals surface area contributed by atoms with Gasteiger partial charge in [-0.1, -0.05) is 35.9 Å².